The van der Waals surface area contributed by atoms with Gasteiger partial charge in [0.1, 0.15) is 11.5 Å². The highest BCUT2D eigenvalue weighted by atomic mass is 32.2. The lowest BCUT2D eigenvalue weighted by Gasteiger charge is -2.36. The zero-order valence-electron chi connectivity index (χ0n) is 22.2. The number of ether oxygens (including phenoxy) is 1. The Labute approximate surface area is 215 Å². The van der Waals surface area contributed by atoms with Crippen molar-refractivity contribution in [2.24, 2.45) is 11.8 Å². The second-order valence-corrected chi connectivity index (χ2v) is 11.2. The predicted molar refractivity (Wildman–Crippen MR) is 142 cm³/mol. The number of thioether (sulfide) groups is 1. The van der Waals surface area contributed by atoms with Gasteiger partial charge in [-0.1, -0.05) is 58.0 Å². The van der Waals surface area contributed by atoms with Crippen LogP contribution in [0.1, 0.15) is 66.1 Å². The van der Waals surface area contributed by atoms with Gasteiger partial charge in [-0.05, 0) is 29.7 Å². The highest BCUT2D eigenvalue weighted by molar-refractivity contribution is 8.03. The molecule has 196 valence electrons. The van der Waals surface area contributed by atoms with Crippen LogP contribution in [0.5, 0.6) is 0 Å². The fourth-order valence-electron chi connectivity index (χ4n) is 4.24. The van der Waals surface area contributed by atoms with Crippen LogP contribution >= 0.6 is 11.8 Å². The van der Waals surface area contributed by atoms with Gasteiger partial charge in [0, 0.05) is 51.1 Å². The third-order valence-electron chi connectivity index (χ3n) is 6.29. The second kappa shape index (κ2) is 13.9. The minimum absolute atomic E-state index is 0.0452. The second-order valence-electron chi connectivity index (χ2n) is 10.2. The lowest BCUT2D eigenvalue weighted by Crippen LogP contribution is -2.47. The topological polar surface area (TPSA) is 90.9 Å². The number of aliphatic hydroxyl groups is 1. The van der Waals surface area contributed by atoms with Crippen molar-refractivity contribution in [3.63, 3.8) is 0 Å². The van der Waals surface area contributed by atoms with Crippen molar-refractivity contribution in [3.8, 4) is 0 Å². The van der Waals surface area contributed by atoms with E-state index in [0.717, 1.165) is 11.3 Å². The summed E-state index contributed by atoms with van der Waals surface area (Å²) < 4.78 is 5.74. The normalized spacial score (nSPS) is 19.0. The molecule has 1 aliphatic heterocycles. The van der Waals surface area contributed by atoms with E-state index in [4.69, 9.17) is 4.74 Å². The van der Waals surface area contributed by atoms with Crippen molar-refractivity contribution < 1.29 is 19.4 Å². The smallest absolute Gasteiger partial charge is 0.303 e. The van der Waals surface area contributed by atoms with E-state index in [2.05, 4.69) is 24.5 Å². The summed E-state index contributed by atoms with van der Waals surface area (Å²) in [5.74, 6) is 0.287. The number of carbonyl (C=O) groups is 2. The zero-order valence-corrected chi connectivity index (χ0v) is 23.0. The summed E-state index contributed by atoms with van der Waals surface area (Å²) in [7, 11) is 1.85. The molecule has 0 fully saturated rings. The Morgan fingerprint density at radius 1 is 1.17 bits per heavy atom. The lowest BCUT2D eigenvalue weighted by molar-refractivity contribution is -0.148. The molecular weight excluding hydrogens is 462 g/mol. The number of hydrogen-bond acceptors (Lipinski definition) is 7. The van der Waals surface area contributed by atoms with Crippen molar-refractivity contribution >= 4 is 23.6 Å². The summed E-state index contributed by atoms with van der Waals surface area (Å²) in [6.07, 6.45) is 0.0556. The molecule has 8 heteroatoms. The molecule has 0 saturated heterocycles. The van der Waals surface area contributed by atoms with Gasteiger partial charge in [0.2, 0.25) is 5.91 Å². The summed E-state index contributed by atoms with van der Waals surface area (Å²) in [5, 5.41) is 19.4. The number of carbonyl (C=O) groups excluding carboxylic acids is 2. The van der Waals surface area contributed by atoms with E-state index >= 15 is 0 Å². The molecule has 2 rings (SSSR count). The van der Waals surface area contributed by atoms with Crippen LogP contribution in [-0.4, -0.2) is 59.0 Å². The molecule has 0 spiro atoms. The van der Waals surface area contributed by atoms with E-state index in [1.807, 2.05) is 68.5 Å². The van der Waals surface area contributed by atoms with Crippen LogP contribution in [0.3, 0.4) is 0 Å². The first-order chi connectivity index (χ1) is 16.5. The third kappa shape index (κ3) is 9.17. The van der Waals surface area contributed by atoms with Crippen molar-refractivity contribution in [2.75, 3.05) is 13.6 Å². The molecule has 0 aromatic heterocycles. The number of benzene rings is 1. The molecule has 0 saturated carbocycles. The first-order valence-corrected chi connectivity index (χ1v) is 13.4. The van der Waals surface area contributed by atoms with Crippen LogP contribution in [0.4, 0.5) is 0 Å². The maximum Gasteiger partial charge on any atom is 0.303 e. The lowest BCUT2D eigenvalue weighted by atomic mass is 9.95. The molecule has 1 aliphatic rings. The minimum atomic E-state index is -0.610. The summed E-state index contributed by atoms with van der Waals surface area (Å²) >= 11 is 1.59. The van der Waals surface area contributed by atoms with Gasteiger partial charge in [0.05, 0.1) is 6.10 Å². The first-order valence-electron chi connectivity index (χ1n) is 12.5. The number of esters is 1. The SMILES string of the molecule is CC(=O)O[C@H](C[C@H](C(C)C)N(C)C(=O)CC(C)C)C1NC(CN[C@H](C)C(O)c2ccccc2)=CS1. The van der Waals surface area contributed by atoms with Crippen LogP contribution in [0.15, 0.2) is 41.4 Å². The fourth-order valence-corrected chi connectivity index (χ4v) is 5.26. The Kier molecular flexibility index (Phi) is 11.6. The Morgan fingerprint density at radius 2 is 1.83 bits per heavy atom. The Bertz CT molecular complexity index is 846. The zero-order chi connectivity index (χ0) is 26.1. The van der Waals surface area contributed by atoms with E-state index in [0.29, 0.717) is 19.4 Å². The van der Waals surface area contributed by atoms with Crippen LogP contribution < -0.4 is 10.6 Å². The molecule has 1 amide bonds. The third-order valence-corrected chi connectivity index (χ3v) is 7.42. The molecule has 3 N–H and O–H groups in total. The number of aliphatic hydroxyl groups excluding tert-OH is 1. The van der Waals surface area contributed by atoms with Crippen LogP contribution in [-0.2, 0) is 14.3 Å². The van der Waals surface area contributed by atoms with Gasteiger partial charge in [0.15, 0.2) is 0 Å². The van der Waals surface area contributed by atoms with Crippen molar-refractivity contribution in [3.05, 3.63) is 47.0 Å². The molecular formula is C27H43N3O4S. The van der Waals surface area contributed by atoms with Gasteiger partial charge in [0.25, 0.3) is 0 Å². The van der Waals surface area contributed by atoms with Crippen molar-refractivity contribution in [1.29, 1.82) is 0 Å². The first kappa shape index (κ1) is 29.2. The van der Waals surface area contributed by atoms with Gasteiger partial charge < -0.3 is 25.4 Å². The summed E-state index contributed by atoms with van der Waals surface area (Å²) in [6, 6.07) is 9.41. The molecule has 1 aromatic carbocycles. The number of nitrogens with zero attached hydrogens (tertiary/aromatic N) is 1. The Hall–Kier alpha value is -2.03. The standard InChI is InChI=1S/C27H43N3O4S/c1-17(2)13-25(32)30(7)23(18(3)4)14-24(34-20(6)31)27-29-22(16-35-27)15-28-19(5)26(33)21-11-9-8-10-12-21/h8-12,16-19,23-24,26-29,33H,13-15H2,1-7H3/t19-,23-,24-,26?,27?/m1/s1. The monoisotopic (exact) mass is 505 g/mol. The maximum atomic E-state index is 12.7. The van der Waals surface area contributed by atoms with Gasteiger partial charge in [-0.25, -0.2) is 0 Å². The molecule has 2 unspecified atom stereocenters. The summed E-state index contributed by atoms with van der Waals surface area (Å²) in [5.41, 5.74) is 1.86. The van der Waals surface area contributed by atoms with E-state index < -0.39 is 6.10 Å². The molecule has 0 radical (unpaired) electrons. The molecule has 1 heterocycles. The number of amides is 1. The molecule has 7 nitrogen and oxygen atoms in total. The number of hydrogen-bond donors (Lipinski definition) is 3. The van der Waals surface area contributed by atoms with Crippen LogP contribution in [0.2, 0.25) is 0 Å². The largest absolute Gasteiger partial charge is 0.459 e. The minimum Gasteiger partial charge on any atom is -0.459 e. The van der Waals surface area contributed by atoms with Gasteiger partial charge in [-0.3, -0.25) is 9.59 Å². The molecule has 35 heavy (non-hydrogen) atoms. The highest BCUT2D eigenvalue weighted by Gasteiger charge is 2.34. The van der Waals surface area contributed by atoms with Crippen LogP contribution in [0, 0.1) is 11.8 Å². The highest BCUT2D eigenvalue weighted by Crippen LogP contribution is 2.30. The fraction of sp³-hybridized carbons (Fsp3) is 0.630. The van der Waals surface area contributed by atoms with E-state index in [1.54, 1.807) is 11.8 Å². The maximum absolute atomic E-state index is 12.7. The van der Waals surface area contributed by atoms with Gasteiger partial charge in [-0.15, -0.1) is 11.8 Å². The molecule has 0 bridgehead atoms. The number of nitrogens with one attached hydrogen (secondary N) is 2. The summed E-state index contributed by atoms with van der Waals surface area (Å²) in [4.78, 5) is 26.5. The van der Waals surface area contributed by atoms with E-state index in [-0.39, 0.29) is 47.3 Å². The summed E-state index contributed by atoms with van der Waals surface area (Å²) in [6.45, 7) is 12.2. The van der Waals surface area contributed by atoms with Crippen molar-refractivity contribution in [1.82, 2.24) is 15.5 Å². The van der Waals surface area contributed by atoms with E-state index in [9.17, 15) is 14.7 Å². The molecule has 0 aliphatic carbocycles. The van der Waals surface area contributed by atoms with Gasteiger partial charge >= 0.3 is 5.97 Å². The van der Waals surface area contributed by atoms with E-state index in [1.165, 1.54) is 6.92 Å². The van der Waals surface area contributed by atoms with Gasteiger partial charge in [-0.2, -0.15) is 0 Å². The Morgan fingerprint density at radius 3 is 2.40 bits per heavy atom. The number of rotatable bonds is 13. The van der Waals surface area contributed by atoms with Crippen LogP contribution in [0.25, 0.3) is 0 Å². The predicted octanol–water partition coefficient (Wildman–Crippen LogP) is 4.05. The average Bonchev–Trinajstić information content (AvgIpc) is 3.27. The Balaban J connectivity index is 1.98. The average molecular weight is 506 g/mol. The quantitative estimate of drug-likeness (QED) is 0.348. The molecule has 1 aromatic rings. The molecule has 5 atom stereocenters. The van der Waals surface area contributed by atoms with Crippen molar-refractivity contribution in [2.45, 2.75) is 84.0 Å².